The summed E-state index contributed by atoms with van der Waals surface area (Å²) >= 11 is 0.773. The topological polar surface area (TPSA) is 136 Å². The van der Waals surface area contributed by atoms with Crippen molar-refractivity contribution in [3.8, 4) is 34.5 Å². The average Bonchev–Trinajstić information content (AvgIpc) is 3.57. The highest BCUT2D eigenvalue weighted by atomic mass is 32.2. The largest absolute Gasteiger partial charge is 0.507 e. The molecule has 1 spiro atoms. The minimum atomic E-state index is -1.10. The number of rotatable bonds is 6. The number of ether oxygens (including phenoxy) is 4. The van der Waals surface area contributed by atoms with Crippen molar-refractivity contribution in [2.24, 2.45) is 0 Å². The molecule has 4 aliphatic heterocycles. The minimum Gasteiger partial charge on any atom is -0.507 e. The summed E-state index contributed by atoms with van der Waals surface area (Å²) in [6, 6.07) is 1.30. The third-order valence-electron chi connectivity index (χ3n) is 8.55. The Kier molecular flexibility index (Phi) is 5.22. The monoisotopic (exact) mass is 557 g/mol. The van der Waals surface area contributed by atoms with Crippen LogP contribution in [0.3, 0.4) is 0 Å². The van der Waals surface area contributed by atoms with E-state index in [0.29, 0.717) is 46.6 Å². The van der Waals surface area contributed by atoms with Gasteiger partial charge in [0.1, 0.15) is 5.75 Å². The maximum atomic E-state index is 13.9. The van der Waals surface area contributed by atoms with Crippen LogP contribution in [0.2, 0.25) is 0 Å². The third kappa shape index (κ3) is 3.05. The number of amides is 1. The van der Waals surface area contributed by atoms with Crippen molar-refractivity contribution in [1.29, 1.82) is 1.34 Å². The van der Waals surface area contributed by atoms with E-state index in [1.807, 2.05) is 6.92 Å². The molecule has 205 valence electrons. The molecule has 5 aliphatic rings. The Bertz CT molecular complexity index is 1470. The average molecular weight is 557 g/mol. The lowest BCUT2D eigenvalue weighted by Gasteiger charge is -2.52. The van der Waals surface area contributed by atoms with E-state index in [4.69, 9.17) is 24.5 Å². The SMILES string of the molecule is C.[3H][B]SOc1cc(C2(C)C[C@@H](C(=O)N3[C@@H]4C[C@]5(OC(=O)[C@@H]35)c3c(O)c(C)c5c(c34)OCO5)N2)cc(O)c1OC. The zero-order valence-electron chi connectivity index (χ0n) is 21.7. The van der Waals surface area contributed by atoms with Crippen molar-refractivity contribution in [3.63, 3.8) is 0 Å². The molecule has 11 nitrogen and oxygen atoms in total. The molecule has 4 heterocycles. The first-order valence-electron chi connectivity index (χ1n) is 12.7. The van der Waals surface area contributed by atoms with E-state index >= 15 is 0 Å². The Balaban J connectivity index is 0.00000289. The second-order valence-corrected chi connectivity index (χ2v) is 10.8. The van der Waals surface area contributed by atoms with Gasteiger partial charge in [-0.05, 0) is 51.2 Å². The molecular formula is C26H28BN2O9S. The van der Waals surface area contributed by atoms with Gasteiger partial charge in [0, 0.05) is 28.7 Å². The van der Waals surface area contributed by atoms with Crippen molar-refractivity contribution in [2.75, 3.05) is 13.9 Å². The van der Waals surface area contributed by atoms with Crippen LogP contribution < -0.4 is 23.7 Å². The van der Waals surface area contributed by atoms with Crippen LogP contribution in [0, 0.1) is 6.92 Å². The lowest BCUT2D eigenvalue weighted by molar-refractivity contribution is -0.209. The normalized spacial score (nSPS) is 30.6. The summed E-state index contributed by atoms with van der Waals surface area (Å²) in [5.74, 6) is 0.432. The highest BCUT2D eigenvalue weighted by Crippen LogP contribution is 2.69. The van der Waals surface area contributed by atoms with E-state index in [0.717, 1.165) is 19.0 Å². The lowest BCUT2D eigenvalue weighted by atomic mass is 9.76. The number of phenols is 2. The van der Waals surface area contributed by atoms with Crippen LogP contribution in [0.5, 0.6) is 34.5 Å². The lowest BCUT2D eigenvalue weighted by Crippen LogP contribution is -2.70. The maximum Gasteiger partial charge on any atom is 0.334 e. The summed E-state index contributed by atoms with van der Waals surface area (Å²) in [6.07, 6.45) is 0.732. The van der Waals surface area contributed by atoms with Crippen LogP contribution in [0.4, 0.5) is 0 Å². The Morgan fingerprint density at radius 3 is 2.74 bits per heavy atom. The molecule has 13 heteroatoms. The number of aromatic hydroxyl groups is 2. The summed E-state index contributed by atoms with van der Waals surface area (Å²) in [6.45, 7) is 3.62. The number of benzene rings is 2. The molecule has 7 rings (SSSR count). The van der Waals surface area contributed by atoms with Crippen molar-refractivity contribution >= 4 is 30.9 Å². The molecule has 39 heavy (non-hydrogen) atoms. The van der Waals surface area contributed by atoms with E-state index in [9.17, 15) is 19.8 Å². The first-order chi connectivity index (χ1) is 18.6. The molecule has 3 N–H and O–H groups in total. The number of carbonyl (C=O) groups is 2. The van der Waals surface area contributed by atoms with Crippen LogP contribution in [0.1, 0.15) is 55.5 Å². The van der Waals surface area contributed by atoms with Gasteiger partial charge in [0.2, 0.25) is 25.5 Å². The van der Waals surface area contributed by atoms with Crippen LogP contribution in [-0.4, -0.2) is 61.4 Å². The summed E-state index contributed by atoms with van der Waals surface area (Å²) in [7, 11) is 2.41. The van der Waals surface area contributed by atoms with E-state index in [1.165, 1.54) is 7.11 Å². The van der Waals surface area contributed by atoms with Crippen LogP contribution in [-0.2, 0) is 25.5 Å². The van der Waals surface area contributed by atoms with E-state index < -0.39 is 35.2 Å². The van der Waals surface area contributed by atoms with Gasteiger partial charge in [0.15, 0.2) is 34.6 Å². The van der Waals surface area contributed by atoms with Crippen LogP contribution >= 0.6 is 11.9 Å². The van der Waals surface area contributed by atoms with Crippen molar-refractivity contribution in [1.82, 2.24) is 10.2 Å². The predicted octanol–water partition coefficient (Wildman–Crippen LogP) is 2.31. The second kappa shape index (κ2) is 8.28. The van der Waals surface area contributed by atoms with Crippen molar-refractivity contribution in [2.45, 2.75) is 63.4 Å². The Morgan fingerprint density at radius 1 is 1.31 bits per heavy atom. The smallest absolute Gasteiger partial charge is 0.334 e. The summed E-state index contributed by atoms with van der Waals surface area (Å²) in [5.41, 5.74) is 0.551. The van der Waals surface area contributed by atoms with E-state index in [2.05, 4.69) is 5.32 Å². The number of esters is 1. The summed E-state index contributed by atoms with van der Waals surface area (Å²) < 4.78 is 35.0. The minimum absolute atomic E-state index is 0. The molecule has 3 fully saturated rings. The molecule has 1 amide bonds. The Morgan fingerprint density at radius 2 is 2.05 bits per heavy atom. The Hall–Kier alpha value is -3.45. The van der Waals surface area contributed by atoms with Gasteiger partial charge in [-0.3, -0.25) is 10.1 Å². The molecule has 3 saturated heterocycles. The first-order valence-corrected chi connectivity index (χ1v) is 12.9. The molecule has 1 aliphatic carbocycles. The van der Waals surface area contributed by atoms with Crippen LogP contribution in [0.15, 0.2) is 12.1 Å². The van der Waals surface area contributed by atoms with Gasteiger partial charge in [0.05, 0.1) is 19.2 Å². The van der Waals surface area contributed by atoms with Gasteiger partial charge >= 0.3 is 5.97 Å². The zero-order valence-corrected chi connectivity index (χ0v) is 21.5. The third-order valence-corrected chi connectivity index (χ3v) is 8.82. The number of phenolic OH excluding ortho intramolecular Hbond substituents is 2. The molecule has 0 aromatic heterocycles. The fourth-order valence-electron chi connectivity index (χ4n) is 6.86. The molecule has 2 aromatic carbocycles. The Labute approximate surface area is 231 Å². The molecule has 2 aromatic rings. The van der Waals surface area contributed by atoms with Crippen molar-refractivity contribution in [3.05, 3.63) is 34.4 Å². The van der Waals surface area contributed by atoms with Gasteiger partial charge in [-0.25, -0.2) is 4.79 Å². The number of nitrogens with zero attached hydrogens (tertiary/aromatic N) is 1. The van der Waals surface area contributed by atoms with Gasteiger partial charge in [0.25, 0.3) is 0 Å². The second-order valence-electron chi connectivity index (χ2n) is 10.4. The summed E-state index contributed by atoms with van der Waals surface area (Å²) in [4.78, 5) is 28.2. The number of methoxy groups -OCH3 is 1. The highest BCUT2D eigenvalue weighted by Gasteiger charge is 2.75. The molecule has 2 bridgehead atoms. The number of fused-ring (bicyclic) bond motifs is 5. The first kappa shape index (κ1) is 24.6. The number of likely N-dealkylation sites (tertiary alicyclic amines) is 1. The predicted molar refractivity (Wildman–Crippen MR) is 140 cm³/mol. The van der Waals surface area contributed by atoms with Crippen LogP contribution in [0.25, 0.3) is 0 Å². The fraction of sp³-hybridized carbons (Fsp3) is 0.462. The van der Waals surface area contributed by atoms with E-state index in [-0.39, 0.29) is 43.1 Å². The van der Waals surface area contributed by atoms with Gasteiger partial charge in [-0.1, -0.05) is 7.43 Å². The quantitative estimate of drug-likeness (QED) is 0.274. The standard InChI is InChI=1S/C25H24BN2O9S.CH4/c1-9-17(30)16-15(20-18(9)34-8-35-20)12-7-25(16)21(23(32)36-25)28(12)22(31)11-6-24(2,27-11)10-4-13(29)19(33-3)14(5-10)37-38-26;/h4-5,11-12,21,26-27,29-30H,6-8H2,1-3H3;1H4/t11-,12+,21+,24?,25-;/m0./s1/i26T;. The highest BCUT2D eigenvalue weighted by molar-refractivity contribution is 8.16. The van der Waals surface area contributed by atoms with Gasteiger partial charge in [-0.15, -0.1) is 0 Å². The molecule has 1 radical (unpaired) electrons. The molecular weight excluding hydrogens is 527 g/mol. The molecule has 0 saturated carbocycles. The molecule has 1 unspecified atom stereocenters. The summed E-state index contributed by atoms with van der Waals surface area (Å²) in [5, 5.41) is 24.9. The van der Waals surface area contributed by atoms with Gasteiger partial charge < -0.3 is 38.2 Å². The van der Waals surface area contributed by atoms with Crippen molar-refractivity contribution < 1.29 is 42.9 Å². The van der Waals surface area contributed by atoms with E-state index in [1.54, 1.807) is 24.0 Å². The fourth-order valence-corrected chi connectivity index (χ4v) is 7.09. The number of hydrogen-bond donors (Lipinski definition) is 3. The van der Waals surface area contributed by atoms with Gasteiger partial charge in [-0.2, -0.15) is 0 Å². The number of hydrogen-bond acceptors (Lipinski definition) is 11. The number of carbonyl (C=O) groups excluding carboxylic acids is 2. The molecule has 5 atom stereocenters. The maximum absolute atomic E-state index is 13.9. The zero-order chi connectivity index (χ0) is 27.4. The number of nitrogens with one attached hydrogen (secondary N) is 1.